The molecule has 4 aromatic rings. The minimum atomic E-state index is -0.619. The molecule has 2 N–H and O–H groups in total. The van der Waals surface area contributed by atoms with Crippen molar-refractivity contribution in [1.82, 2.24) is 29.7 Å². The Balaban J connectivity index is 0.00000304. The quantitative estimate of drug-likeness (QED) is 0.258. The topological polar surface area (TPSA) is 136 Å². The van der Waals surface area contributed by atoms with Gasteiger partial charge in [-0.15, -0.1) is 0 Å². The van der Waals surface area contributed by atoms with E-state index in [4.69, 9.17) is 5.73 Å². The minimum absolute atomic E-state index is 0. The second-order valence-electron chi connectivity index (χ2n) is 8.31. The Labute approximate surface area is 242 Å². The summed E-state index contributed by atoms with van der Waals surface area (Å²) >= 11 is 0. The average molecular weight is 695 g/mol. The number of aromatic amines is 1. The van der Waals surface area contributed by atoms with Crippen LogP contribution in [0.3, 0.4) is 0 Å². The number of carbonyl (C=O) groups is 3. The van der Waals surface area contributed by atoms with Gasteiger partial charge in [-0.05, 0) is 30.4 Å². The van der Waals surface area contributed by atoms with Crippen LogP contribution < -0.4 is 0 Å². The molecule has 10 nitrogen and oxygen atoms in total. The largest absolute Gasteiger partial charge is 0.481 e. The van der Waals surface area contributed by atoms with E-state index in [9.17, 15) is 14.4 Å². The molecule has 4 heterocycles. The zero-order valence-electron chi connectivity index (χ0n) is 19.6. The first-order valence-corrected chi connectivity index (χ1v) is 11.1. The maximum atomic E-state index is 13.2. The Morgan fingerprint density at radius 2 is 1.61 bits per heavy atom. The molecular formula is C25H22AcN7O3-. The van der Waals surface area contributed by atoms with Crippen LogP contribution in [0.4, 0.5) is 5.82 Å². The first kappa shape index (κ1) is 25.9. The van der Waals surface area contributed by atoms with E-state index in [0.717, 1.165) is 5.56 Å². The van der Waals surface area contributed by atoms with Crippen molar-refractivity contribution < 1.29 is 58.4 Å². The standard InChI is InChI=1S/C25H23N7O3.Ac/c1-15-11-29-21(18-13-28-19(26)14-27-18)22-20(15)17(12-30-22)23(33)25(35)32-9-7-31(8-10-32)24(34)16-5-3-2-4-6-16;/h2-6,11-14H,7-10H2,1H3,(H3,26,27,28,29,30,33,35);/p-1. The van der Waals surface area contributed by atoms with Crippen molar-refractivity contribution in [3.05, 3.63) is 77.5 Å². The van der Waals surface area contributed by atoms with Gasteiger partial charge in [0.2, 0.25) is 0 Å². The number of nitrogens with zero attached hydrogens (tertiary/aromatic N) is 5. The van der Waals surface area contributed by atoms with Gasteiger partial charge in [0.15, 0.2) is 0 Å². The van der Waals surface area contributed by atoms with Crippen LogP contribution in [-0.2, 0) is 4.79 Å². The molecule has 0 unspecified atom stereocenters. The van der Waals surface area contributed by atoms with Crippen LogP contribution in [0, 0.1) is 51.0 Å². The molecule has 1 saturated heterocycles. The molecule has 0 aliphatic carbocycles. The number of amides is 2. The number of fused-ring (bicyclic) bond motifs is 1. The molecular weight excluding hydrogens is 673 g/mol. The van der Waals surface area contributed by atoms with Gasteiger partial charge in [0, 0.05) is 99.8 Å². The van der Waals surface area contributed by atoms with Crippen LogP contribution in [0.15, 0.2) is 55.1 Å². The Bertz CT molecular complexity index is 1430. The molecule has 1 aliphatic rings. The molecule has 0 spiro atoms. The molecule has 0 bridgehead atoms. The van der Waals surface area contributed by atoms with Gasteiger partial charge in [0.25, 0.3) is 17.6 Å². The molecule has 3 aromatic heterocycles. The predicted molar refractivity (Wildman–Crippen MR) is 129 cm³/mol. The van der Waals surface area contributed by atoms with Crippen molar-refractivity contribution in [2.24, 2.45) is 0 Å². The van der Waals surface area contributed by atoms with Gasteiger partial charge in [-0.2, -0.15) is 0 Å². The van der Waals surface area contributed by atoms with E-state index in [1.807, 2.05) is 25.1 Å². The monoisotopic (exact) mass is 695 g/mol. The summed E-state index contributed by atoms with van der Waals surface area (Å²) in [5.41, 5.74) is 10.6. The fraction of sp³-hybridized carbons (Fsp3) is 0.200. The zero-order chi connectivity index (χ0) is 24.5. The van der Waals surface area contributed by atoms with E-state index in [1.54, 1.807) is 23.2 Å². The molecule has 1 fully saturated rings. The summed E-state index contributed by atoms with van der Waals surface area (Å²) in [4.78, 5) is 57.8. The van der Waals surface area contributed by atoms with Gasteiger partial charge >= 0.3 is 0 Å². The van der Waals surface area contributed by atoms with Gasteiger partial charge in [-0.3, -0.25) is 24.4 Å². The number of carbonyl (C=O) groups excluding carboxylic acids is 3. The minimum Gasteiger partial charge on any atom is -0.481 e. The number of nitrogens with one attached hydrogen (secondary N) is 2. The third kappa shape index (κ3) is 4.90. The molecule has 0 saturated carbocycles. The number of ketones is 1. The number of hydrogen-bond donors (Lipinski definition) is 1. The molecule has 2 amide bonds. The fourth-order valence-electron chi connectivity index (χ4n) is 4.27. The maximum absolute atomic E-state index is 13.2. The van der Waals surface area contributed by atoms with Crippen LogP contribution in [-0.4, -0.2) is 73.5 Å². The fourth-order valence-corrected chi connectivity index (χ4v) is 4.27. The summed E-state index contributed by atoms with van der Waals surface area (Å²) in [6.45, 7) is 3.11. The van der Waals surface area contributed by atoms with Crippen molar-refractivity contribution in [1.29, 1.82) is 0 Å². The van der Waals surface area contributed by atoms with Gasteiger partial charge in [0.05, 0.1) is 16.8 Å². The van der Waals surface area contributed by atoms with E-state index in [1.165, 1.54) is 23.5 Å². The summed E-state index contributed by atoms with van der Waals surface area (Å²) in [5, 5.41) is 0.600. The van der Waals surface area contributed by atoms with Gasteiger partial charge in [-0.25, -0.2) is 0 Å². The Kier molecular flexibility index (Phi) is 7.81. The Hall–Kier alpha value is -3.16. The second-order valence-corrected chi connectivity index (χ2v) is 8.31. The van der Waals surface area contributed by atoms with E-state index in [-0.39, 0.29) is 74.4 Å². The van der Waals surface area contributed by atoms with Crippen molar-refractivity contribution in [2.45, 2.75) is 6.92 Å². The normalized spacial score (nSPS) is 13.4. The number of piperazine rings is 1. The van der Waals surface area contributed by atoms with Crippen LogP contribution in [0.1, 0.15) is 26.3 Å². The average Bonchev–Trinajstić information content (AvgIpc) is 3.35. The van der Waals surface area contributed by atoms with Gasteiger partial charge in [-0.1, -0.05) is 24.4 Å². The van der Waals surface area contributed by atoms with Crippen LogP contribution in [0.2, 0.25) is 0 Å². The molecule has 11 heteroatoms. The SMILES string of the molecule is Cc1cnc(-c2cnc([NH-])cn2)c2[nH]cc(C(=O)C(=O)N3CCN(C(=O)c4ccccc4)CC3)c12.[Ac]. The molecule has 1 aliphatic heterocycles. The van der Waals surface area contributed by atoms with Crippen molar-refractivity contribution in [3.63, 3.8) is 0 Å². The summed E-state index contributed by atoms with van der Waals surface area (Å²) in [6.07, 6.45) is 5.91. The van der Waals surface area contributed by atoms with Crippen molar-refractivity contribution in [3.8, 4) is 11.4 Å². The first-order valence-electron chi connectivity index (χ1n) is 11.1. The summed E-state index contributed by atoms with van der Waals surface area (Å²) in [6, 6.07) is 9.00. The number of hydrogen-bond acceptors (Lipinski definition) is 6. The summed E-state index contributed by atoms with van der Waals surface area (Å²) < 4.78 is 0. The molecule has 1 aromatic carbocycles. The third-order valence-electron chi connectivity index (χ3n) is 6.11. The molecule has 5 rings (SSSR count). The van der Waals surface area contributed by atoms with Gasteiger partial charge in [0.1, 0.15) is 5.69 Å². The zero-order valence-corrected chi connectivity index (χ0v) is 24.3. The number of aryl methyl sites for hydroxylation is 1. The summed E-state index contributed by atoms with van der Waals surface area (Å²) in [5.74, 6) is -1.27. The predicted octanol–water partition coefficient (Wildman–Crippen LogP) is 3.18. The van der Waals surface area contributed by atoms with E-state index >= 15 is 0 Å². The smallest absolute Gasteiger partial charge is 0.295 e. The number of aromatic nitrogens is 4. The second kappa shape index (κ2) is 10.8. The number of rotatable bonds is 4. The van der Waals surface area contributed by atoms with Crippen LogP contribution in [0.5, 0.6) is 0 Å². The summed E-state index contributed by atoms with van der Waals surface area (Å²) in [7, 11) is 0. The third-order valence-corrected chi connectivity index (χ3v) is 6.11. The van der Waals surface area contributed by atoms with E-state index < -0.39 is 11.7 Å². The molecule has 0 atom stereocenters. The first-order chi connectivity index (χ1) is 16.9. The molecule has 1 radical (unpaired) electrons. The van der Waals surface area contributed by atoms with Crippen LogP contribution >= 0.6 is 0 Å². The van der Waals surface area contributed by atoms with E-state index in [2.05, 4.69) is 19.9 Å². The Morgan fingerprint density at radius 3 is 2.28 bits per heavy atom. The van der Waals surface area contributed by atoms with Crippen molar-refractivity contribution in [2.75, 3.05) is 26.2 Å². The number of pyridine rings is 1. The number of benzene rings is 1. The Morgan fingerprint density at radius 1 is 0.917 bits per heavy atom. The molecule has 179 valence electrons. The number of Topliss-reactive ketones (excluding diaryl/α,β-unsaturated/α-hetero) is 1. The molecule has 36 heavy (non-hydrogen) atoms. The van der Waals surface area contributed by atoms with Gasteiger partial charge < -0.3 is 25.5 Å². The van der Waals surface area contributed by atoms with Crippen molar-refractivity contribution >= 4 is 34.3 Å². The van der Waals surface area contributed by atoms with E-state index in [0.29, 0.717) is 40.9 Å². The number of H-pyrrole nitrogens is 1. The maximum Gasteiger partial charge on any atom is 0.295 e. The van der Waals surface area contributed by atoms with Crippen LogP contribution in [0.25, 0.3) is 28.0 Å².